The van der Waals surface area contributed by atoms with E-state index in [9.17, 15) is 4.79 Å². The lowest BCUT2D eigenvalue weighted by molar-refractivity contribution is -0.113. The molecule has 0 amide bonds. The first-order valence-electron chi connectivity index (χ1n) is 14.3. The Morgan fingerprint density at radius 2 is 0.812 bits per heavy atom. The Bertz CT molecular complexity index is 779. The topological polar surface area (TPSA) is 17.1 Å². The molecule has 0 heterocycles. The van der Waals surface area contributed by atoms with E-state index in [4.69, 9.17) is 6.42 Å². The van der Waals surface area contributed by atoms with E-state index in [2.05, 4.69) is 5.92 Å². The van der Waals surface area contributed by atoms with Crippen LogP contribution in [-0.2, 0) is 4.79 Å². The second-order valence-corrected chi connectivity index (χ2v) is 11.7. The molecule has 174 valence electrons. The van der Waals surface area contributed by atoms with Crippen molar-refractivity contribution in [2.24, 2.45) is 29.6 Å². The minimum absolute atomic E-state index is 0.460. The maximum Gasteiger partial charge on any atom is 0.186 e. The van der Waals surface area contributed by atoms with Crippen molar-refractivity contribution in [1.82, 2.24) is 0 Å². The predicted octanol–water partition coefficient (Wildman–Crippen LogP) is 8.34. The Kier molecular flexibility index (Phi) is 7.26. The van der Waals surface area contributed by atoms with Gasteiger partial charge < -0.3 is 0 Å². The highest BCUT2D eigenvalue weighted by molar-refractivity contribution is 6.14. The lowest BCUT2D eigenvalue weighted by atomic mass is 9.69. The minimum atomic E-state index is 0.460. The van der Waals surface area contributed by atoms with Gasteiger partial charge in [0.05, 0.1) is 0 Å². The van der Waals surface area contributed by atoms with Crippen LogP contribution in [0.25, 0.3) is 0 Å². The number of terminal acetylenes is 1. The highest BCUT2D eigenvalue weighted by Crippen LogP contribution is 2.53. The SMILES string of the molecule is C#CC1CCC(C2=C(C3CCCCC3)C(=O)C(C3CCCCC3)=C2C2CCCCC2)CC1. The molecule has 0 bridgehead atoms. The van der Waals surface area contributed by atoms with Crippen LogP contribution >= 0.6 is 0 Å². The quantitative estimate of drug-likeness (QED) is 0.408. The zero-order chi connectivity index (χ0) is 21.9. The van der Waals surface area contributed by atoms with Crippen LogP contribution in [0.1, 0.15) is 122 Å². The van der Waals surface area contributed by atoms with Crippen LogP contribution in [0, 0.1) is 41.9 Å². The fourth-order valence-electron chi connectivity index (χ4n) is 8.09. The molecule has 0 spiro atoms. The smallest absolute Gasteiger partial charge is 0.186 e. The zero-order valence-electron chi connectivity index (χ0n) is 20.3. The lowest BCUT2D eigenvalue weighted by Crippen LogP contribution is -2.22. The molecule has 1 heteroatoms. The van der Waals surface area contributed by atoms with E-state index < -0.39 is 0 Å². The van der Waals surface area contributed by atoms with Gasteiger partial charge in [-0.25, -0.2) is 0 Å². The molecular formula is C31H44O. The molecule has 0 atom stereocenters. The Morgan fingerprint density at radius 1 is 0.469 bits per heavy atom. The number of Topliss-reactive ketones (excluding diaryl/α,β-unsaturated/α-hetero) is 1. The molecule has 5 aliphatic carbocycles. The second-order valence-electron chi connectivity index (χ2n) is 11.7. The molecule has 5 rings (SSSR count). The molecule has 0 aromatic carbocycles. The molecule has 0 N–H and O–H groups in total. The van der Waals surface area contributed by atoms with Gasteiger partial charge in [-0.2, -0.15) is 0 Å². The summed E-state index contributed by atoms with van der Waals surface area (Å²) in [4.78, 5) is 14.4. The summed E-state index contributed by atoms with van der Waals surface area (Å²) in [6.45, 7) is 0. The average Bonchev–Trinajstić information content (AvgIpc) is 3.18. The zero-order valence-corrected chi connectivity index (χ0v) is 20.3. The molecule has 0 aromatic heterocycles. The van der Waals surface area contributed by atoms with Crippen molar-refractivity contribution in [1.29, 1.82) is 0 Å². The van der Waals surface area contributed by atoms with Gasteiger partial charge in [-0.1, -0.05) is 57.8 Å². The standard InChI is InChI=1S/C31H44O/c1-2-22-18-20-26(21-19-22)28-27(23-12-6-3-7-13-23)29(24-14-8-4-9-15-24)31(32)30(28)25-16-10-5-11-17-25/h1,22-26H,3-21H2. The van der Waals surface area contributed by atoms with Gasteiger partial charge in [0.1, 0.15) is 0 Å². The van der Waals surface area contributed by atoms with Crippen LogP contribution in [0.15, 0.2) is 22.3 Å². The summed E-state index contributed by atoms with van der Waals surface area (Å²) in [5.74, 6) is 6.38. The van der Waals surface area contributed by atoms with E-state index in [1.165, 1.54) is 120 Å². The van der Waals surface area contributed by atoms with Gasteiger partial charge >= 0.3 is 0 Å². The van der Waals surface area contributed by atoms with E-state index in [-0.39, 0.29) is 0 Å². The van der Waals surface area contributed by atoms with Crippen molar-refractivity contribution < 1.29 is 4.79 Å². The number of allylic oxidation sites excluding steroid dienone is 4. The summed E-state index contributed by atoms with van der Waals surface area (Å²) in [5.41, 5.74) is 5.94. The summed E-state index contributed by atoms with van der Waals surface area (Å²) in [6, 6.07) is 0. The Hall–Kier alpha value is -1.29. The molecule has 0 radical (unpaired) electrons. The first-order chi connectivity index (χ1) is 15.8. The van der Waals surface area contributed by atoms with Gasteiger partial charge in [0.15, 0.2) is 5.78 Å². The van der Waals surface area contributed by atoms with Crippen LogP contribution in [-0.4, -0.2) is 5.78 Å². The van der Waals surface area contributed by atoms with Crippen LogP contribution in [0.4, 0.5) is 0 Å². The maximum absolute atomic E-state index is 14.4. The third-order valence-corrected chi connectivity index (χ3v) is 9.77. The molecule has 1 nitrogen and oxygen atoms in total. The molecule has 5 aliphatic rings. The van der Waals surface area contributed by atoms with Crippen molar-refractivity contribution in [2.45, 2.75) is 122 Å². The van der Waals surface area contributed by atoms with Crippen LogP contribution in [0.2, 0.25) is 0 Å². The minimum Gasteiger partial charge on any atom is -0.289 e. The van der Waals surface area contributed by atoms with Crippen molar-refractivity contribution in [3.05, 3.63) is 22.3 Å². The largest absolute Gasteiger partial charge is 0.289 e. The van der Waals surface area contributed by atoms with Gasteiger partial charge in [0, 0.05) is 17.1 Å². The summed E-state index contributed by atoms with van der Waals surface area (Å²) in [7, 11) is 0. The van der Waals surface area contributed by atoms with Gasteiger partial charge in [-0.3, -0.25) is 4.79 Å². The number of ketones is 1. The third-order valence-electron chi connectivity index (χ3n) is 9.77. The van der Waals surface area contributed by atoms with Crippen molar-refractivity contribution in [3.8, 4) is 12.3 Å². The Morgan fingerprint density at radius 3 is 1.19 bits per heavy atom. The summed E-state index contributed by atoms with van der Waals surface area (Å²) >= 11 is 0. The highest BCUT2D eigenvalue weighted by atomic mass is 16.1. The van der Waals surface area contributed by atoms with Crippen molar-refractivity contribution in [3.63, 3.8) is 0 Å². The third kappa shape index (κ3) is 4.41. The normalized spacial score (nSPS) is 31.9. The maximum atomic E-state index is 14.4. The van der Waals surface area contributed by atoms with Crippen LogP contribution in [0.3, 0.4) is 0 Å². The Labute approximate surface area is 196 Å². The molecular weight excluding hydrogens is 388 g/mol. The van der Waals surface area contributed by atoms with Crippen LogP contribution < -0.4 is 0 Å². The van der Waals surface area contributed by atoms with Crippen LogP contribution in [0.5, 0.6) is 0 Å². The number of carbonyl (C=O) groups excluding carboxylic acids is 1. The monoisotopic (exact) mass is 432 g/mol. The lowest BCUT2D eigenvalue weighted by Gasteiger charge is -2.35. The number of hydrogen-bond donors (Lipinski definition) is 0. The van der Waals surface area contributed by atoms with Gasteiger partial charge in [0.25, 0.3) is 0 Å². The summed E-state index contributed by atoms with van der Waals surface area (Å²) in [6.07, 6.45) is 30.3. The van der Waals surface area contributed by atoms with Gasteiger partial charge in [-0.05, 0) is 99.0 Å². The molecule has 4 saturated carbocycles. The second kappa shape index (κ2) is 10.3. The highest BCUT2D eigenvalue weighted by Gasteiger charge is 2.44. The molecule has 0 aromatic rings. The first-order valence-corrected chi connectivity index (χ1v) is 14.3. The molecule has 0 unspecified atom stereocenters. The number of hydrogen-bond acceptors (Lipinski definition) is 1. The van der Waals surface area contributed by atoms with E-state index in [0.717, 1.165) is 12.8 Å². The fraction of sp³-hybridized carbons (Fsp3) is 0.774. The predicted molar refractivity (Wildman–Crippen MR) is 133 cm³/mol. The fourth-order valence-corrected chi connectivity index (χ4v) is 8.09. The van der Waals surface area contributed by atoms with E-state index in [0.29, 0.717) is 35.4 Å². The summed E-state index contributed by atoms with van der Waals surface area (Å²) < 4.78 is 0. The molecule has 32 heavy (non-hydrogen) atoms. The van der Waals surface area contributed by atoms with E-state index in [1.807, 2.05) is 0 Å². The van der Waals surface area contributed by atoms with E-state index >= 15 is 0 Å². The molecule has 0 aliphatic heterocycles. The Balaban J connectivity index is 1.58. The first kappa shape index (κ1) is 22.5. The molecule has 0 saturated heterocycles. The summed E-state index contributed by atoms with van der Waals surface area (Å²) in [5, 5.41) is 0. The van der Waals surface area contributed by atoms with Crippen molar-refractivity contribution >= 4 is 5.78 Å². The number of rotatable bonds is 4. The van der Waals surface area contributed by atoms with Gasteiger partial charge in [0.2, 0.25) is 0 Å². The number of carbonyl (C=O) groups is 1. The average molecular weight is 433 g/mol. The van der Waals surface area contributed by atoms with Gasteiger partial charge in [-0.15, -0.1) is 12.3 Å². The molecule has 4 fully saturated rings. The van der Waals surface area contributed by atoms with Crippen molar-refractivity contribution in [2.75, 3.05) is 0 Å². The van der Waals surface area contributed by atoms with E-state index in [1.54, 1.807) is 11.1 Å².